The quantitative estimate of drug-likeness (QED) is 0.853. The molecule has 0 amide bonds. The smallest absolute Gasteiger partial charge is 0.119 e. The second kappa shape index (κ2) is 8.03. The van der Waals surface area contributed by atoms with E-state index in [0.29, 0.717) is 13.2 Å². The number of hydrogen-bond donors (Lipinski definition) is 1. The summed E-state index contributed by atoms with van der Waals surface area (Å²) in [5.74, 6) is 0.878. The van der Waals surface area contributed by atoms with E-state index in [2.05, 4.69) is 18.0 Å². The SMILES string of the molecule is CN(CCOc1ccc(CN)cc1)Cc1cccc(Cl)c1. The molecule has 0 spiro atoms. The van der Waals surface area contributed by atoms with Gasteiger partial charge < -0.3 is 10.5 Å². The molecule has 3 nitrogen and oxygen atoms in total. The molecule has 2 aromatic carbocycles. The Kier molecular flexibility index (Phi) is 6.05. The van der Waals surface area contributed by atoms with Crippen LogP contribution in [0, 0.1) is 0 Å². The average Bonchev–Trinajstić information content (AvgIpc) is 2.48. The molecule has 0 bridgehead atoms. The van der Waals surface area contributed by atoms with Gasteiger partial charge in [-0.05, 0) is 42.4 Å². The summed E-state index contributed by atoms with van der Waals surface area (Å²) in [4.78, 5) is 2.21. The van der Waals surface area contributed by atoms with E-state index in [1.807, 2.05) is 42.5 Å². The minimum absolute atomic E-state index is 0.558. The van der Waals surface area contributed by atoms with Crippen LogP contribution in [0.15, 0.2) is 48.5 Å². The summed E-state index contributed by atoms with van der Waals surface area (Å²) in [6, 6.07) is 15.8. The lowest BCUT2D eigenvalue weighted by Gasteiger charge is -2.17. The number of nitrogens with zero attached hydrogens (tertiary/aromatic N) is 1. The Bertz CT molecular complexity index is 557. The minimum atomic E-state index is 0.558. The van der Waals surface area contributed by atoms with Gasteiger partial charge >= 0.3 is 0 Å². The first kappa shape index (κ1) is 15.8. The van der Waals surface area contributed by atoms with E-state index in [0.717, 1.165) is 29.4 Å². The Balaban J connectivity index is 1.74. The summed E-state index contributed by atoms with van der Waals surface area (Å²) in [5, 5.41) is 0.775. The first-order chi connectivity index (χ1) is 10.2. The Morgan fingerprint density at radius 2 is 1.86 bits per heavy atom. The summed E-state index contributed by atoms with van der Waals surface area (Å²) < 4.78 is 5.73. The standard InChI is InChI=1S/C17H21ClN2O/c1-20(13-15-3-2-4-16(18)11-15)9-10-21-17-7-5-14(12-19)6-8-17/h2-8,11H,9-10,12-13,19H2,1H3. The zero-order valence-electron chi connectivity index (χ0n) is 12.3. The van der Waals surface area contributed by atoms with Crippen LogP contribution in [0.4, 0.5) is 0 Å². The van der Waals surface area contributed by atoms with E-state index in [9.17, 15) is 0 Å². The highest BCUT2D eigenvalue weighted by Gasteiger charge is 2.02. The van der Waals surface area contributed by atoms with E-state index in [1.165, 1.54) is 5.56 Å². The Morgan fingerprint density at radius 1 is 1.10 bits per heavy atom. The summed E-state index contributed by atoms with van der Waals surface area (Å²) in [5.41, 5.74) is 7.88. The van der Waals surface area contributed by atoms with Crippen molar-refractivity contribution in [1.82, 2.24) is 4.90 Å². The van der Waals surface area contributed by atoms with Crippen molar-refractivity contribution in [3.63, 3.8) is 0 Å². The van der Waals surface area contributed by atoms with Gasteiger partial charge in [0.25, 0.3) is 0 Å². The van der Waals surface area contributed by atoms with E-state index in [-0.39, 0.29) is 0 Å². The van der Waals surface area contributed by atoms with Crippen molar-refractivity contribution in [2.75, 3.05) is 20.2 Å². The van der Waals surface area contributed by atoms with Gasteiger partial charge in [0.05, 0.1) is 0 Å². The van der Waals surface area contributed by atoms with Gasteiger partial charge in [0, 0.05) is 24.7 Å². The van der Waals surface area contributed by atoms with Gasteiger partial charge in [0.2, 0.25) is 0 Å². The van der Waals surface area contributed by atoms with Crippen molar-refractivity contribution in [3.05, 3.63) is 64.7 Å². The minimum Gasteiger partial charge on any atom is -0.492 e. The van der Waals surface area contributed by atoms with Crippen molar-refractivity contribution in [3.8, 4) is 5.75 Å². The zero-order valence-corrected chi connectivity index (χ0v) is 13.0. The van der Waals surface area contributed by atoms with Gasteiger partial charge in [-0.1, -0.05) is 35.9 Å². The molecule has 2 N–H and O–H groups in total. The summed E-state index contributed by atoms with van der Waals surface area (Å²) >= 11 is 5.99. The highest BCUT2D eigenvalue weighted by atomic mass is 35.5. The third kappa shape index (κ3) is 5.38. The average molecular weight is 305 g/mol. The van der Waals surface area contributed by atoms with Gasteiger partial charge in [-0.25, -0.2) is 0 Å². The van der Waals surface area contributed by atoms with Gasteiger partial charge in [0.1, 0.15) is 12.4 Å². The van der Waals surface area contributed by atoms with Crippen molar-refractivity contribution in [2.24, 2.45) is 5.73 Å². The molecule has 0 aliphatic carbocycles. The number of nitrogens with two attached hydrogens (primary N) is 1. The van der Waals surface area contributed by atoms with Crippen LogP contribution >= 0.6 is 11.6 Å². The first-order valence-corrected chi connectivity index (χ1v) is 7.40. The maximum Gasteiger partial charge on any atom is 0.119 e. The topological polar surface area (TPSA) is 38.5 Å². The van der Waals surface area contributed by atoms with Gasteiger partial charge in [-0.3, -0.25) is 4.90 Å². The van der Waals surface area contributed by atoms with Crippen molar-refractivity contribution < 1.29 is 4.74 Å². The Morgan fingerprint density at radius 3 is 2.52 bits per heavy atom. The Labute approximate surface area is 131 Å². The molecule has 0 aromatic heterocycles. The van der Waals surface area contributed by atoms with E-state index in [4.69, 9.17) is 22.1 Å². The second-order valence-electron chi connectivity index (χ2n) is 5.06. The predicted octanol–water partition coefficient (Wildman–Crippen LogP) is 3.31. The van der Waals surface area contributed by atoms with Crippen LogP contribution in [0.2, 0.25) is 5.02 Å². The highest BCUT2D eigenvalue weighted by molar-refractivity contribution is 6.30. The number of likely N-dealkylation sites (N-methyl/N-ethyl adjacent to an activating group) is 1. The lowest BCUT2D eigenvalue weighted by molar-refractivity contribution is 0.233. The summed E-state index contributed by atoms with van der Waals surface area (Å²) in [7, 11) is 2.07. The molecular weight excluding hydrogens is 284 g/mol. The van der Waals surface area contributed by atoms with Crippen LogP contribution in [-0.4, -0.2) is 25.1 Å². The van der Waals surface area contributed by atoms with Crippen LogP contribution in [0.25, 0.3) is 0 Å². The van der Waals surface area contributed by atoms with Crippen LogP contribution < -0.4 is 10.5 Å². The maximum absolute atomic E-state index is 5.99. The van der Waals surface area contributed by atoms with Gasteiger partial charge in [-0.2, -0.15) is 0 Å². The molecule has 2 aromatic rings. The number of hydrogen-bond acceptors (Lipinski definition) is 3. The summed E-state index contributed by atoms with van der Waals surface area (Å²) in [6.45, 7) is 2.92. The number of rotatable bonds is 7. The molecule has 0 fully saturated rings. The summed E-state index contributed by atoms with van der Waals surface area (Å²) in [6.07, 6.45) is 0. The highest BCUT2D eigenvalue weighted by Crippen LogP contribution is 2.13. The lowest BCUT2D eigenvalue weighted by atomic mass is 10.2. The Hall–Kier alpha value is -1.55. The van der Waals surface area contributed by atoms with E-state index < -0.39 is 0 Å². The number of ether oxygens (including phenoxy) is 1. The molecule has 4 heteroatoms. The lowest BCUT2D eigenvalue weighted by Crippen LogP contribution is -2.23. The fourth-order valence-corrected chi connectivity index (χ4v) is 2.28. The number of benzene rings is 2. The zero-order chi connectivity index (χ0) is 15.1. The fraction of sp³-hybridized carbons (Fsp3) is 0.294. The van der Waals surface area contributed by atoms with Gasteiger partial charge in [0.15, 0.2) is 0 Å². The molecule has 0 saturated carbocycles. The molecule has 0 aliphatic rings. The third-order valence-electron chi connectivity index (χ3n) is 3.24. The molecule has 21 heavy (non-hydrogen) atoms. The third-order valence-corrected chi connectivity index (χ3v) is 3.48. The van der Waals surface area contributed by atoms with E-state index >= 15 is 0 Å². The monoisotopic (exact) mass is 304 g/mol. The molecular formula is C17H21ClN2O. The predicted molar refractivity (Wildman–Crippen MR) is 87.6 cm³/mol. The van der Waals surface area contributed by atoms with Crippen molar-refractivity contribution >= 4 is 11.6 Å². The van der Waals surface area contributed by atoms with Crippen molar-refractivity contribution in [2.45, 2.75) is 13.1 Å². The molecule has 0 atom stereocenters. The molecule has 0 aliphatic heterocycles. The largest absolute Gasteiger partial charge is 0.492 e. The van der Waals surface area contributed by atoms with Gasteiger partial charge in [-0.15, -0.1) is 0 Å². The molecule has 0 heterocycles. The molecule has 0 radical (unpaired) electrons. The van der Waals surface area contributed by atoms with Crippen LogP contribution in [-0.2, 0) is 13.1 Å². The van der Waals surface area contributed by atoms with E-state index in [1.54, 1.807) is 0 Å². The maximum atomic E-state index is 5.99. The molecule has 2 rings (SSSR count). The first-order valence-electron chi connectivity index (χ1n) is 7.02. The molecule has 112 valence electrons. The van der Waals surface area contributed by atoms with Crippen molar-refractivity contribution in [1.29, 1.82) is 0 Å². The molecule has 0 unspecified atom stereocenters. The second-order valence-corrected chi connectivity index (χ2v) is 5.50. The normalized spacial score (nSPS) is 10.9. The molecule has 0 saturated heterocycles. The van der Waals surface area contributed by atoms with Crippen LogP contribution in [0.3, 0.4) is 0 Å². The number of halogens is 1. The van der Waals surface area contributed by atoms with Crippen LogP contribution in [0.1, 0.15) is 11.1 Å². The van der Waals surface area contributed by atoms with Crippen LogP contribution in [0.5, 0.6) is 5.75 Å². The fourth-order valence-electron chi connectivity index (χ4n) is 2.07.